The van der Waals surface area contributed by atoms with Gasteiger partial charge in [-0.1, -0.05) is 23.8 Å². The van der Waals surface area contributed by atoms with Gasteiger partial charge in [0.15, 0.2) is 0 Å². The Morgan fingerprint density at radius 2 is 1.87 bits per heavy atom. The summed E-state index contributed by atoms with van der Waals surface area (Å²) >= 11 is 0. The van der Waals surface area contributed by atoms with Crippen molar-refractivity contribution in [3.05, 3.63) is 83.5 Å². The van der Waals surface area contributed by atoms with E-state index in [9.17, 15) is 4.79 Å². The highest BCUT2D eigenvalue weighted by atomic mass is 16.3. The van der Waals surface area contributed by atoms with E-state index in [-0.39, 0.29) is 6.03 Å². The molecule has 0 radical (unpaired) electrons. The van der Waals surface area contributed by atoms with Gasteiger partial charge in [-0.3, -0.25) is 0 Å². The fourth-order valence-corrected chi connectivity index (χ4v) is 3.34. The Morgan fingerprint density at radius 3 is 2.61 bits per heavy atom. The molecule has 31 heavy (non-hydrogen) atoms. The van der Waals surface area contributed by atoms with Crippen LogP contribution in [0.15, 0.2) is 65.3 Å². The van der Waals surface area contributed by atoms with E-state index in [0.29, 0.717) is 24.5 Å². The van der Waals surface area contributed by atoms with Crippen LogP contribution in [-0.4, -0.2) is 27.3 Å². The average molecular weight is 415 g/mol. The van der Waals surface area contributed by atoms with Crippen LogP contribution in [0.1, 0.15) is 22.6 Å². The van der Waals surface area contributed by atoms with Crippen LogP contribution in [-0.2, 0) is 6.42 Å². The first-order chi connectivity index (χ1) is 15.0. The molecule has 0 aliphatic carbocycles. The summed E-state index contributed by atoms with van der Waals surface area (Å²) in [4.78, 5) is 16.8. The highest BCUT2D eigenvalue weighted by Crippen LogP contribution is 2.19. The van der Waals surface area contributed by atoms with E-state index < -0.39 is 0 Å². The number of benzene rings is 2. The third-order valence-electron chi connectivity index (χ3n) is 4.88. The van der Waals surface area contributed by atoms with Crippen molar-refractivity contribution < 1.29 is 9.21 Å². The molecule has 0 fully saturated rings. The number of aryl methyl sites for hydroxylation is 3. The SMILES string of the molecule is Cc1ccc(-c2nc(CCNC(=O)Nc3cccc(-n4nc(C)cc4C)c3)co2)cc1. The van der Waals surface area contributed by atoms with Crippen molar-refractivity contribution in [1.29, 1.82) is 0 Å². The molecule has 0 aliphatic heterocycles. The molecule has 0 saturated heterocycles. The number of amides is 2. The van der Waals surface area contributed by atoms with Crippen molar-refractivity contribution in [2.24, 2.45) is 0 Å². The maximum Gasteiger partial charge on any atom is 0.319 e. The molecular formula is C24H25N5O2. The Morgan fingerprint density at radius 1 is 1.06 bits per heavy atom. The van der Waals surface area contributed by atoms with Crippen LogP contribution in [0.5, 0.6) is 0 Å². The molecule has 0 bridgehead atoms. The van der Waals surface area contributed by atoms with Crippen LogP contribution in [0, 0.1) is 20.8 Å². The minimum atomic E-state index is -0.271. The van der Waals surface area contributed by atoms with Gasteiger partial charge in [0, 0.05) is 29.9 Å². The number of hydrogen-bond acceptors (Lipinski definition) is 4. The van der Waals surface area contributed by atoms with E-state index in [4.69, 9.17) is 4.42 Å². The van der Waals surface area contributed by atoms with E-state index in [2.05, 4.69) is 20.7 Å². The maximum atomic E-state index is 12.3. The van der Waals surface area contributed by atoms with Gasteiger partial charge in [-0.2, -0.15) is 5.10 Å². The van der Waals surface area contributed by atoms with Gasteiger partial charge in [-0.05, 0) is 57.2 Å². The predicted octanol–water partition coefficient (Wildman–Crippen LogP) is 4.82. The molecule has 0 unspecified atom stereocenters. The molecule has 0 atom stereocenters. The molecule has 4 aromatic rings. The summed E-state index contributed by atoms with van der Waals surface area (Å²) in [6.07, 6.45) is 2.21. The largest absolute Gasteiger partial charge is 0.444 e. The summed E-state index contributed by atoms with van der Waals surface area (Å²) in [5, 5.41) is 10.2. The summed E-state index contributed by atoms with van der Waals surface area (Å²) in [6, 6.07) is 17.3. The molecule has 2 N–H and O–H groups in total. The molecule has 7 nitrogen and oxygen atoms in total. The van der Waals surface area contributed by atoms with Crippen molar-refractivity contribution in [2.45, 2.75) is 27.2 Å². The van der Waals surface area contributed by atoms with Crippen LogP contribution >= 0.6 is 0 Å². The third kappa shape index (κ3) is 5.01. The van der Waals surface area contributed by atoms with Gasteiger partial charge >= 0.3 is 6.03 Å². The lowest BCUT2D eigenvalue weighted by atomic mass is 10.1. The highest BCUT2D eigenvalue weighted by Gasteiger charge is 2.09. The maximum absolute atomic E-state index is 12.3. The van der Waals surface area contributed by atoms with Crippen molar-refractivity contribution in [3.63, 3.8) is 0 Å². The summed E-state index contributed by atoms with van der Waals surface area (Å²) in [5.41, 5.74) is 6.50. The van der Waals surface area contributed by atoms with Crippen LogP contribution < -0.4 is 10.6 Å². The van der Waals surface area contributed by atoms with Crippen molar-refractivity contribution in [2.75, 3.05) is 11.9 Å². The number of oxazole rings is 1. The smallest absolute Gasteiger partial charge is 0.319 e. The van der Waals surface area contributed by atoms with E-state index in [1.807, 2.05) is 80.1 Å². The minimum Gasteiger partial charge on any atom is -0.444 e. The number of urea groups is 1. The summed E-state index contributed by atoms with van der Waals surface area (Å²) in [7, 11) is 0. The lowest BCUT2D eigenvalue weighted by Gasteiger charge is -2.09. The standard InChI is InChI=1S/C24H25N5O2/c1-16-7-9-19(10-8-16)23-26-21(15-31-23)11-12-25-24(30)27-20-5-4-6-22(14-20)29-18(3)13-17(2)28-29/h4-10,13-15H,11-12H2,1-3H3,(H2,25,27,30). The first-order valence-corrected chi connectivity index (χ1v) is 10.2. The number of nitrogens with one attached hydrogen (secondary N) is 2. The molecule has 7 heteroatoms. The molecule has 4 rings (SSSR count). The molecule has 2 amide bonds. The van der Waals surface area contributed by atoms with Crippen LogP contribution in [0.25, 0.3) is 17.1 Å². The average Bonchev–Trinajstić information content (AvgIpc) is 3.35. The number of anilines is 1. The Hall–Kier alpha value is -3.87. The molecule has 2 heterocycles. The first kappa shape index (κ1) is 20.4. The highest BCUT2D eigenvalue weighted by molar-refractivity contribution is 5.89. The fourth-order valence-electron chi connectivity index (χ4n) is 3.34. The molecule has 2 aromatic heterocycles. The molecule has 158 valence electrons. The van der Waals surface area contributed by atoms with Gasteiger partial charge in [0.1, 0.15) is 6.26 Å². The zero-order valence-corrected chi connectivity index (χ0v) is 17.8. The number of aromatic nitrogens is 3. The topological polar surface area (TPSA) is 85.0 Å². The van der Waals surface area contributed by atoms with E-state index in [1.54, 1.807) is 6.26 Å². The second-order valence-corrected chi connectivity index (χ2v) is 7.53. The van der Waals surface area contributed by atoms with Crippen molar-refractivity contribution in [1.82, 2.24) is 20.1 Å². The van der Waals surface area contributed by atoms with Crippen molar-refractivity contribution in [3.8, 4) is 17.1 Å². The zero-order valence-electron chi connectivity index (χ0n) is 17.8. The minimum absolute atomic E-state index is 0.271. The number of rotatable bonds is 6. The Balaban J connectivity index is 1.31. The predicted molar refractivity (Wildman–Crippen MR) is 120 cm³/mol. The molecule has 0 saturated carbocycles. The second-order valence-electron chi connectivity index (χ2n) is 7.53. The Labute approximate surface area is 181 Å². The second kappa shape index (κ2) is 8.87. The lowest BCUT2D eigenvalue weighted by Crippen LogP contribution is -2.30. The van der Waals surface area contributed by atoms with Gasteiger partial charge in [0.2, 0.25) is 5.89 Å². The summed E-state index contributed by atoms with van der Waals surface area (Å²) in [5.74, 6) is 0.584. The van der Waals surface area contributed by atoms with Gasteiger partial charge in [0.05, 0.1) is 17.1 Å². The Kier molecular flexibility index (Phi) is 5.84. The number of nitrogens with zero attached hydrogens (tertiary/aromatic N) is 3. The van der Waals surface area contributed by atoms with E-state index in [1.165, 1.54) is 5.56 Å². The lowest BCUT2D eigenvalue weighted by molar-refractivity contribution is 0.252. The summed E-state index contributed by atoms with van der Waals surface area (Å²) < 4.78 is 7.42. The fraction of sp³-hybridized carbons (Fsp3) is 0.208. The van der Waals surface area contributed by atoms with E-state index >= 15 is 0 Å². The van der Waals surface area contributed by atoms with Crippen LogP contribution in [0.3, 0.4) is 0 Å². The zero-order chi connectivity index (χ0) is 21.8. The quantitative estimate of drug-likeness (QED) is 0.473. The van der Waals surface area contributed by atoms with E-state index in [0.717, 1.165) is 28.3 Å². The first-order valence-electron chi connectivity index (χ1n) is 10.2. The Bertz CT molecular complexity index is 1190. The number of carbonyl (C=O) groups is 1. The molecule has 0 aliphatic rings. The van der Waals surface area contributed by atoms with Crippen molar-refractivity contribution >= 4 is 11.7 Å². The molecular weight excluding hydrogens is 390 g/mol. The monoisotopic (exact) mass is 415 g/mol. The molecule has 0 spiro atoms. The van der Waals surface area contributed by atoms with Gasteiger partial charge in [-0.15, -0.1) is 0 Å². The van der Waals surface area contributed by atoms with Gasteiger partial charge < -0.3 is 15.1 Å². The van der Waals surface area contributed by atoms with Gasteiger partial charge in [0.25, 0.3) is 0 Å². The van der Waals surface area contributed by atoms with Crippen LogP contribution in [0.2, 0.25) is 0 Å². The third-order valence-corrected chi connectivity index (χ3v) is 4.88. The van der Waals surface area contributed by atoms with Crippen LogP contribution in [0.4, 0.5) is 10.5 Å². The van der Waals surface area contributed by atoms with Gasteiger partial charge in [-0.25, -0.2) is 14.5 Å². The normalized spacial score (nSPS) is 10.8. The molecule has 2 aromatic carbocycles. The summed E-state index contributed by atoms with van der Waals surface area (Å²) in [6.45, 7) is 6.44. The number of hydrogen-bond donors (Lipinski definition) is 2. The number of carbonyl (C=O) groups excluding carboxylic acids is 1.